The number of thiazole rings is 1. The predicted molar refractivity (Wildman–Crippen MR) is 93.8 cm³/mol. The molecule has 0 saturated carbocycles. The molecule has 1 aromatic heterocycles. The molecule has 3 nitrogen and oxygen atoms in total. The van der Waals surface area contributed by atoms with Crippen LogP contribution in [0.2, 0.25) is 0 Å². The summed E-state index contributed by atoms with van der Waals surface area (Å²) in [7, 11) is 0. The maximum atomic E-state index is 5.82. The average Bonchev–Trinajstić information content (AvgIpc) is 3.10. The van der Waals surface area contributed by atoms with Crippen LogP contribution in [0.1, 0.15) is 10.4 Å². The first kappa shape index (κ1) is 14.4. The SMILES string of the molecule is c1ccc(-c2ncc(CNC3COc4ccccc4C3)s2)cc1. The van der Waals surface area contributed by atoms with Crippen molar-refractivity contribution in [2.45, 2.75) is 19.0 Å². The van der Waals surface area contributed by atoms with Gasteiger partial charge in [-0.3, -0.25) is 0 Å². The van der Waals surface area contributed by atoms with Crippen LogP contribution in [0, 0.1) is 0 Å². The zero-order valence-corrected chi connectivity index (χ0v) is 13.6. The molecule has 0 radical (unpaired) electrons. The Morgan fingerprint density at radius 3 is 2.83 bits per heavy atom. The molecule has 116 valence electrons. The van der Waals surface area contributed by atoms with Gasteiger partial charge in [-0.05, 0) is 18.1 Å². The van der Waals surface area contributed by atoms with E-state index in [4.69, 9.17) is 4.74 Å². The molecule has 2 aromatic carbocycles. The quantitative estimate of drug-likeness (QED) is 0.791. The van der Waals surface area contributed by atoms with Crippen LogP contribution in [0.5, 0.6) is 5.75 Å². The van der Waals surface area contributed by atoms with Gasteiger partial charge >= 0.3 is 0 Å². The number of nitrogens with zero attached hydrogens (tertiary/aromatic N) is 1. The van der Waals surface area contributed by atoms with Crippen LogP contribution in [-0.4, -0.2) is 17.6 Å². The molecule has 4 rings (SSSR count). The fourth-order valence-corrected chi connectivity index (χ4v) is 3.68. The molecule has 0 fully saturated rings. The summed E-state index contributed by atoms with van der Waals surface area (Å²) >= 11 is 1.75. The van der Waals surface area contributed by atoms with Crippen molar-refractivity contribution in [2.75, 3.05) is 6.61 Å². The van der Waals surface area contributed by atoms with E-state index in [0.29, 0.717) is 6.04 Å². The Balaban J connectivity index is 1.38. The molecule has 1 atom stereocenters. The Bertz CT molecular complexity index is 785. The maximum absolute atomic E-state index is 5.82. The molecule has 1 aliphatic rings. The van der Waals surface area contributed by atoms with E-state index in [1.54, 1.807) is 11.3 Å². The highest BCUT2D eigenvalue weighted by atomic mass is 32.1. The van der Waals surface area contributed by atoms with Crippen molar-refractivity contribution in [3.63, 3.8) is 0 Å². The third-order valence-electron chi connectivity index (χ3n) is 4.02. The van der Waals surface area contributed by atoms with Crippen molar-refractivity contribution >= 4 is 11.3 Å². The second-order valence-corrected chi connectivity index (χ2v) is 6.81. The Kier molecular flexibility index (Phi) is 4.09. The van der Waals surface area contributed by atoms with Crippen molar-refractivity contribution < 1.29 is 4.74 Å². The fourth-order valence-electron chi connectivity index (χ4n) is 2.81. The minimum Gasteiger partial charge on any atom is -0.492 e. The predicted octanol–water partition coefficient (Wildman–Crippen LogP) is 3.90. The molecular weight excluding hydrogens is 304 g/mol. The largest absolute Gasteiger partial charge is 0.492 e. The molecule has 23 heavy (non-hydrogen) atoms. The zero-order valence-electron chi connectivity index (χ0n) is 12.7. The second-order valence-electron chi connectivity index (χ2n) is 5.70. The van der Waals surface area contributed by atoms with E-state index in [-0.39, 0.29) is 0 Å². The first-order chi connectivity index (χ1) is 11.4. The molecule has 0 bridgehead atoms. The summed E-state index contributed by atoms with van der Waals surface area (Å²) in [6.07, 6.45) is 2.98. The van der Waals surface area contributed by atoms with Crippen LogP contribution in [0.4, 0.5) is 0 Å². The lowest BCUT2D eigenvalue weighted by Gasteiger charge is -2.25. The Labute approximate surface area is 140 Å². The van der Waals surface area contributed by atoms with Gasteiger partial charge in [-0.1, -0.05) is 48.5 Å². The minimum absolute atomic E-state index is 0.354. The Morgan fingerprint density at radius 2 is 1.91 bits per heavy atom. The van der Waals surface area contributed by atoms with E-state index in [9.17, 15) is 0 Å². The number of nitrogens with one attached hydrogen (secondary N) is 1. The van der Waals surface area contributed by atoms with Gasteiger partial charge in [0.15, 0.2) is 0 Å². The number of hydrogen-bond donors (Lipinski definition) is 1. The molecule has 0 spiro atoms. The highest BCUT2D eigenvalue weighted by Crippen LogP contribution is 2.26. The van der Waals surface area contributed by atoms with E-state index in [1.807, 2.05) is 36.5 Å². The number of para-hydroxylation sites is 1. The standard InChI is InChI=1S/C19H18N2OS/c1-2-6-14(7-3-1)19-21-12-17(23-19)11-20-16-10-15-8-4-5-9-18(15)22-13-16/h1-9,12,16,20H,10-11,13H2. The normalized spacial score (nSPS) is 16.6. The number of fused-ring (bicyclic) bond motifs is 1. The third kappa shape index (κ3) is 3.28. The molecule has 1 aliphatic heterocycles. The van der Waals surface area contributed by atoms with Crippen LogP contribution in [0.25, 0.3) is 10.6 Å². The van der Waals surface area contributed by atoms with Gasteiger partial charge in [0.05, 0.1) is 0 Å². The summed E-state index contributed by atoms with van der Waals surface area (Å²) in [5.74, 6) is 1.02. The summed E-state index contributed by atoms with van der Waals surface area (Å²) < 4.78 is 5.82. The molecule has 1 N–H and O–H groups in total. The summed E-state index contributed by atoms with van der Waals surface area (Å²) in [6, 6.07) is 19.0. The molecule has 0 aliphatic carbocycles. The lowest BCUT2D eigenvalue weighted by molar-refractivity contribution is 0.238. The number of ether oxygens (including phenoxy) is 1. The molecular formula is C19H18N2OS. The van der Waals surface area contributed by atoms with Crippen molar-refractivity contribution in [1.29, 1.82) is 0 Å². The first-order valence-corrected chi connectivity index (χ1v) is 8.64. The highest BCUT2D eigenvalue weighted by molar-refractivity contribution is 7.15. The number of benzene rings is 2. The van der Waals surface area contributed by atoms with Gasteiger partial charge in [-0.25, -0.2) is 4.98 Å². The first-order valence-electron chi connectivity index (χ1n) is 7.83. The lowest BCUT2D eigenvalue weighted by Crippen LogP contribution is -2.38. The fraction of sp³-hybridized carbons (Fsp3) is 0.211. The average molecular weight is 322 g/mol. The summed E-state index contributed by atoms with van der Waals surface area (Å²) in [5, 5.41) is 4.67. The van der Waals surface area contributed by atoms with Crippen LogP contribution in [-0.2, 0) is 13.0 Å². The van der Waals surface area contributed by atoms with Crippen LogP contribution in [0.3, 0.4) is 0 Å². The number of hydrogen-bond acceptors (Lipinski definition) is 4. The van der Waals surface area contributed by atoms with Crippen molar-refractivity contribution in [3.8, 4) is 16.3 Å². The molecule has 3 aromatic rings. The summed E-state index contributed by atoms with van der Waals surface area (Å²) in [5.41, 5.74) is 2.46. The van der Waals surface area contributed by atoms with Gasteiger partial charge in [0.1, 0.15) is 17.4 Å². The van der Waals surface area contributed by atoms with Gasteiger partial charge < -0.3 is 10.1 Å². The number of rotatable bonds is 4. The number of aromatic nitrogens is 1. The van der Waals surface area contributed by atoms with E-state index in [1.165, 1.54) is 16.0 Å². The lowest BCUT2D eigenvalue weighted by atomic mass is 10.0. The summed E-state index contributed by atoms with van der Waals surface area (Å²) in [4.78, 5) is 5.79. The van der Waals surface area contributed by atoms with Crippen LogP contribution in [0.15, 0.2) is 60.8 Å². The van der Waals surface area contributed by atoms with Gasteiger partial charge in [0, 0.05) is 29.2 Å². The second kappa shape index (κ2) is 6.52. The highest BCUT2D eigenvalue weighted by Gasteiger charge is 2.19. The van der Waals surface area contributed by atoms with Crippen molar-refractivity contribution in [1.82, 2.24) is 10.3 Å². The van der Waals surface area contributed by atoms with E-state index in [2.05, 4.69) is 34.6 Å². The van der Waals surface area contributed by atoms with E-state index >= 15 is 0 Å². The van der Waals surface area contributed by atoms with Gasteiger partial charge in [0.25, 0.3) is 0 Å². The van der Waals surface area contributed by atoms with Crippen molar-refractivity contribution in [3.05, 3.63) is 71.2 Å². The Hall–Kier alpha value is -2.17. The maximum Gasteiger partial charge on any atom is 0.123 e. The monoisotopic (exact) mass is 322 g/mol. The smallest absolute Gasteiger partial charge is 0.123 e. The topological polar surface area (TPSA) is 34.2 Å². The molecule has 0 saturated heterocycles. The molecule has 4 heteroatoms. The summed E-state index contributed by atoms with van der Waals surface area (Å²) in [6.45, 7) is 1.56. The van der Waals surface area contributed by atoms with Gasteiger partial charge in [-0.2, -0.15) is 0 Å². The Morgan fingerprint density at radius 1 is 1.09 bits per heavy atom. The molecule has 1 unspecified atom stereocenters. The molecule has 0 amide bonds. The minimum atomic E-state index is 0.354. The van der Waals surface area contributed by atoms with Gasteiger partial charge in [0.2, 0.25) is 0 Å². The third-order valence-corrected chi connectivity index (χ3v) is 5.06. The van der Waals surface area contributed by atoms with Crippen molar-refractivity contribution in [2.24, 2.45) is 0 Å². The van der Waals surface area contributed by atoms with E-state index < -0.39 is 0 Å². The zero-order chi connectivity index (χ0) is 15.5. The van der Waals surface area contributed by atoms with E-state index in [0.717, 1.165) is 30.3 Å². The van der Waals surface area contributed by atoms with Crippen LogP contribution >= 0.6 is 11.3 Å². The van der Waals surface area contributed by atoms with Crippen LogP contribution < -0.4 is 10.1 Å². The van der Waals surface area contributed by atoms with Gasteiger partial charge in [-0.15, -0.1) is 11.3 Å². The molecule has 2 heterocycles.